The monoisotopic (exact) mass is 217 g/mol. The van der Waals surface area contributed by atoms with E-state index in [0.29, 0.717) is 6.54 Å². The molecule has 2 nitrogen and oxygen atoms in total. The van der Waals surface area contributed by atoms with Crippen molar-refractivity contribution in [2.24, 2.45) is 0 Å². The van der Waals surface area contributed by atoms with Crippen LogP contribution in [0.3, 0.4) is 0 Å². The molecule has 2 N–H and O–H groups in total. The first-order valence-corrected chi connectivity index (χ1v) is 5.57. The zero-order chi connectivity index (χ0) is 12.0. The molecule has 0 fully saturated rings. The normalized spacial score (nSPS) is 16.1. The van der Waals surface area contributed by atoms with Gasteiger partial charge in [-0.2, -0.15) is 0 Å². The lowest BCUT2D eigenvalue weighted by molar-refractivity contribution is 0.0554. The molecule has 16 heavy (non-hydrogen) atoms. The molecule has 0 spiro atoms. The number of hydrogen-bond donors (Lipinski definition) is 2. The predicted octanol–water partition coefficient (Wildman–Crippen LogP) is 1.90. The summed E-state index contributed by atoms with van der Waals surface area (Å²) in [6, 6.07) is 9.63. The van der Waals surface area contributed by atoms with Crippen LogP contribution in [0.25, 0.3) is 0 Å². The fourth-order valence-corrected chi connectivity index (χ4v) is 1.54. The molecule has 2 unspecified atom stereocenters. The zero-order valence-corrected chi connectivity index (χ0v) is 9.90. The number of hydrogen-bond acceptors (Lipinski definition) is 2. The molecule has 0 amide bonds. The number of aliphatic hydroxyl groups is 1. The molecule has 2 heteroatoms. The summed E-state index contributed by atoms with van der Waals surface area (Å²) in [5.41, 5.74) is 0.0142. The van der Waals surface area contributed by atoms with E-state index in [1.807, 2.05) is 37.3 Å². The number of terminal acetylenes is 1. The van der Waals surface area contributed by atoms with E-state index < -0.39 is 5.60 Å². The summed E-state index contributed by atoms with van der Waals surface area (Å²) in [6.07, 6.45) is 6.22. The van der Waals surface area contributed by atoms with Crippen LogP contribution in [0.2, 0.25) is 0 Å². The van der Waals surface area contributed by atoms with E-state index in [-0.39, 0.29) is 6.04 Å². The quantitative estimate of drug-likeness (QED) is 0.738. The van der Waals surface area contributed by atoms with Crippen LogP contribution in [0.15, 0.2) is 30.3 Å². The molecule has 0 aliphatic rings. The van der Waals surface area contributed by atoms with Gasteiger partial charge in [0, 0.05) is 6.54 Å². The van der Waals surface area contributed by atoms with Gasteiger partial charge < -0.3 is 10.4 Å². The largest absolute Gasteiger partial charge is 0.384 e. The summed E-state index contributed by atoms with van der Waals surface area (Å²) in [5, 5.41) is 13.5. The molecule has 0 aliphatic carbocycles. The number of benzene rings is 1. The molecule has 0 radical (unpaired) electrons. The Morgan fingerprint density at radius 2 is 2.06 bits per heavy atom. The van der Waals surface area contributed by atoms with E-state index in [1.54, 1.807) is 6.92 Å². The minimum absolute atomic E-state index is 0.0233. The molecule has 2 atom stereocenters. The van der Waals surface area contributed by atoms with Gasteiger partial charge in [-0.25, -0.2) is 0 Å². The van der Waals surface area contributed by atoms with E-state index >= 15 is 0 Å². The molecule has 1 rings (SSSR count). The lowest BCUT2D eigenvalue weighted by Gasteiger charge is -2.25. The van der Waals surface area contributed by atoms with Crippen molar-refractivity contribution < 1.29 is 5.11 Å². The predicted molar refractivity (Wildman–Crippen MR) is 66.9 cm³/mol. The first-order chi connectivity index (χ1) is 7.60. The minimum atomic E-state index is -0.883. The lowest BCUT2D eigenvalue weighted by Crippen LogP contribution is -2.40. The summed E-state index contributed by atoms with van der Waals surface area (Å²) in [4.78, 5) is 0. The Morgan fingerprint density at radius 3 is 2.56 bits per heavy atom. The maximum Gasteiger partial charge on any atom is 0.0992 e. The fraction of sp³-hybridized carbons (Fsp3) is 0.429. The van der Waals surface area contributed by atoms with Gasteiger partial charge in [0.15, 0.2) is 0 Å². The second kappa shape index (κ2) is 5.69. The van der Waals surface area contributed by atoms with Crippen molar-refractivity contribution in [2.45, 2.75) is 31.9 Å². The molecule has 0 saturated heterocycles. The van der Waals surface area contributed by atoms with Gasteiger partial charge in [0.25, 0.3) is 0 Å². The van der Waals surface area contributed by atoms with Gasteiger partial charge in [0.2, 0.25) is 0 Å². The summed E-state index contributed by atoms with van der Waals surface area (Å²) in [7, 11) is 0. The highest BCUT2D eigenvalue weighted by atomic mass is 16.3. The van der Waals surface area contributed by atoms with Gasteiger partial charge in [0.05, 0.1) is 11.6 Å². The molecular weight excluding hydrogens is 198 g/mol. The van der Waals surface area contributed by atoms with E-state index in [9.17, 15) is 5.11 Å². The Morgan fingerprint density at radius 1 is 1.44 bits per heavy atom. The highest BCUT2D eigenvalue weighted by Gasteiger charge is 2.22. The van der Waals surface area contributed by atoms with Crippen LogP contribution in [-0.2, 0) is 5.60 Å². The Labute approximate surface area is 97.7 Å². The SMILES string of the molecule is C#CC(CC)NCC(C)(O)c1ccccc1. The standard InChI is InChI=1S/C14H19NO/c1-4-13(5-2)15-11-14(3,16)12-9-7-6-8-10-12/h1,6-10,13,15-16H,5,11H2,2-3H3. The average Bonchev–Trinajstić information content (AvgIpc) is 2.31. The zero-order valence-electron chi connectivity index (χ0n) is 9.90. The molecule has 1 aromatic carbocycles. The van der Waals surface area contributed by atoms with Gasteiger partial charge in [0.1, 0.15) is 0 Å². The summed E-state index contributed by atoms with van der Waals surface area (Å²) in [6.45, 7) is 4.27. The molecule has 0 aromatic heterocycles. The maximum absolute atomic E-state index is 10.3. The van der Waals surface area contributed by atoms with Crippen molar-refractivity contribution in [3.63, 3.8) is 0 Å². The van der Waals surface area contributed by atoms with Crippen LogP contribution in [0.4, 0.5) is 0 Å². The minimum Gasteiger partial charge on any atom is -0.384 e. The van der Waals surface area contributed by atoms with Gasteiger partial charge in [-0.05, 0) is 18.9 Å². The Kier molecular flexibility index (Phi) is 4.54. The molecule has 1 aromatic rings. The van der Waals surface area contributed by atoms with E-state index in [0.717, 1.165) is 12.0 Å². The first-order valence-electron chi connectivity index (χ1n) is 5.57. The van der Waals surface area contributed by atoms with Gasteiger partial charge in [-0.3, -0.25) is 0 Å². The topological polar surface area (TPSA) is 32.3 Å². The van der Waals surface area contributed by atoms with Crippen molar-refractivity contribution in [1.82, 2.24) is 5.32 Å². The second-order valence-electron chi connectivity index (χ2n) is 4.15. The van der Waals surface area contributed by atoms with Crippen LogP contribution in [-0.4, -0.2) is 17.7 Å². The third-order valence-electron chi connectivity index (χ3n) is 2.70. The molecule has 0 aliphatic heterocycles. The Bertz CT molecular complexity index is 351. The smallest absolute Gasteiger partial charge is 0.0992 e. The van der Waals surface area contributed by atoms with Crippen molar-refractivity contribution in [3.05, 3.63) is 35.9 Å². The van der Waals surface area contributed by atoms with E-state index in [4.69, 9.17) is 6.42 Å². The summed E-state index contributed by atoms with van der Waals surface area (Å²) in [5.74, 6) is 2.65. The number of rotatable bonds is 5. The molecular formula is C14H19NO. The molecule has 86 valence electrons. The highest BCUT2D eigenvalue weighted by molar-refractivity contribution is 5.22. The molecule has 0 heterocycles. The van der Waals surface area contributed by atoms with Crippen LogP contribution < -0.4 is 5.32 Å². The van der Waals surface area contributed by atoms with Crippen LogP contribution in [0.5, 0.6) is 0 Å². The summed E-state index contributed by atoms with van der Waals surface area (Å²) >= 11 is 0. The Balaban J connectivity index is 2.63. The van der Waals surface area contributed by atoms with Crippen molar-refractivity contribution >= 4 is 0 Å². The molecule has 0 saturated carbocycles. The second-order valence-corrected chi connectivity index (χ2v) is 4.15. The third-order valence-corrected chi connectivity index (χ3v) is 2.70. The van der Waals surface area contributed by atoms with E-state index in [2.05, 4.69) is 11.2 Å². The maximum atomic E-state index is 10.3. The fourth-order valence-electron chi connectivity index (χ4n) is 1.54. The van der Waals surface area contributed by atoms with Crippen LogP contribution in [0, 0.1) is 12.3 Å². The lowest BCUT2D eigenvalue weighted by atomic mass is 9.96. The number of nitrogens with one attached hydrogen (secondary N) is 1. The van der Waals surface area contributed by atoms with Gasteiger partial charge in [-0.15, -0.1) is 6.42 Å². The summed E-state index contributed by atoms with van der Waals surface area (Å²) < 4.78 is 0. The average molecular weight is 217 g/mol. The third kappa shape index (κ3) is 3.37. The van der Waals surface area contributed by atoms with E-state index in [1.165, 1.54) is 0 Å². The van der Waals surface area contributed by atoms with Gasteiger partial charge in [-0.1, -0.05) is 43.2 Å². The highest BCUT2D eigenvalue weighted by Crippen LogP contribution is 2.19. The Hall–Kier alpha value is -1.30. The van der Waals surface area contributed by atoms with Crippen molar-refractivity contribution in [1.29, 1.82) is 0 Å². The first kappa shape index (κ1) is 12.8. The van der Waals surface area contributed by atoms with Crippen LogP contribution in [0.1, 0.15) is 25.8 Å². The van der Waals surface area contributed by atoms with Crippen LogP contribution >= 0.6 is 0 Å². The van der Waals surface area contributed by atoms with Crippen molar-refractivity contribution in [2.75, 3.05) is 6.54 Å². The molecule has 0 bridgehead atoms. The van der Waals surface area contributed by atoms with Crippen molar-refractivity contribution in [3.8, 4) is 12.3 Å². The van der Waals surface area contributed by atoms with Gasteiger partial charge >= 0.3 is 0 Å².